The maximum absolute atomic E-state index is 13.0. The molecule has 3 N–H and O–H groups in total. The standard InChI is InChI=1S/C33H33N5O2/c1-37-17-19-38(20-18-37)16-15-23-7-11-27(12-8-23)34-33(40)26-9-13-29-30(22-26)36-32(35-29)28-21-25(10-14-31(28)39)24-5-3-2-4-6-24/h2-14,21-22,39H,15-20H2,1H3,(H,34,40)(H,35,36). The molecule has 7 heteroatoms. The first kappa shape index (κ1) is 25.8. The number of phenols is 1. The highest BCUT2D eigenvalue weighted by molar-refractivity contribution is 6.06. The first-order chi connectivity index (χ1) is 19.5. The molecule has 6 rings (SSSR count). The summed E-state index contributed by atoms with van der Waals surface area (Å²) in [5.41, 5.74) is 6.66. The molecule has 1 fully saturated rings. The molecule has 0 spiro atoms. The molecule has 0 radical (unpaired) electrons. The largest absolute Gasteiger partial charge is 0.507 e. The van der Waals surface area contributed by atoms with Crippen molar-refractivity contribution in [2.45, 2.75) is 6.42 Å². The molecule has 7 nitrogen and oxygen atoms in total. The van der Waals surface area contributed by atoms with Crippen molar-refractivity contribution in [1.29, 1.82) is 0 Å². The SMILES string of the molecule is CN1CCN(CCc2ccc(NC(=O)c3ccc4nc(-c5cc(-c6ccccc6)ccc5O)[nH]c4c3)cc2)CC1. The van der Waals surface area contributed by atoms with Crippen LogP contribution in [0.5, 0.6) is 5.75 Å². The molecule has 1 saturated heterocycles. The number of amides is 1. The van der Waals surface area contributed by atoms with Crippen LogP contribution >= 0.6 is 0 Å². The highest BCUT2D eigenvalue weighted by Gasteiger charge is 2.15. The third-order valence-corrected chi connectivity index (χ3v) is 7.63. The van der Waals surface area contributed by atoms with E-state index in [1.807, 2.05) is 60.7 Å². The predicted molar refractivity (Wildman–Crippen MR) is 161 cm³/mol. The number of piperazine rings is 1. The van der Waals surface area contributed by atoms with Gasteiger partial charge in [-0.05, 0) is 72.6 Å². The van der Waals surface area contributed by atoms with Gasteiger partial charge in [0.15, 0.2) is 0 Å². The van der Waals surface area contributed by atoms with Gasteiger partial charge in [-0.25, -0.2) is 4.98 Å². The zero-order chi connectivity index (χ0) is 27.5. The van der Waals surface area contributed by atoms with E-state index < -0.39 is 0 Å². The molecule has 202 valence electrons. The van der Waals surface area contributed by atoms with E-state index in [0.29, 0.717) is 17.0 Å². The number of phenolic OH excluding ortho intramolecular Hbond substituents is 1. The van der Waals surface area contributed by atoms with E-state index in [9.17, 15) is 9.90 Å². The van der Waals surface area contributed by atoms with E-state index in [2.05, 4.69) is 44.3 Å². The number of carbonyl (C=O) groups is 1. The lowest BCUT2D eigenvalue weighted by atomic mass is 10.0. The summed E-state index contributed by atoms with van der Waals surface area (Å²) >= 11 is 0. The molecule has 0 saturated carbocycles. The van der Waals surface area contributed by atoms with Crippen LogP contribution in [0.1, 0.15) is 15.9 Å². The maximum Gasteiger partial charge on any atom is 0.255 e. The third kappa shape index (κ3) is 5.76. The zero-order valence-corrected chi connectivity index (χ0v) is 22.6. The van der Waals surface area contributed by atoms with Gasteiger partial charge in [0.25, 0.3) is 5.91 Å². The molecule has 1 aliphatic rings. The number of hydrogen-bond acceptors (Lipinski definition) is 5. The Morgan fingerprint density at radius 1 is 0.900 bits per heavy atom. The molecule has 0 atom stereocenters. The third-order valence-electron chi connectivity index (χ3n) is 7.63. The van der Waals surface area contributed by atoms with Crippen LogP contribution in [-0.2, 0) is 6.42 Å². The van der Waals surface area contributed by atoms with Gasteiger partial charge in [-0.3, -0.25) is 4.79 Å². The van der Waals surface area contributed by atoms with Gasteiger partial charge >= 0.3 is 0 Å². The second-order valence-electron chi connectivity index (χ2n) is 10.5. The number of likely N-dealkylation sites (N-methyl/N-ethyl adjacent to an activating group) is 1. The maximum atomic E-state index is 13.0. The highest BCUT2D eigenvalue weighted by atomic mass is 16.3. The minimum absolute atomic E-state index is 0.142. The van der Waals surface area contributed by atoms with Crippen molar-refractivity contribution >= 4 is 22.6 Å². The van der Waals surface area contributed by atoms with Crippen molar-refractivity contribution in [2.75, 3.05) is 45.1 Å². The molecule has 2 heterocycles. The molecule has 4 aromatic carbocycles. The Balaban J connectivity index is 1.13. The van der Waals surface area contributed by atoms with Gasteiger partial charge in [0, 0.05) is 44.0 Å². The van der Waals surface area contributed by atoms with Gasteiger partial charge < -0.3 is 25.2 Å². The van der Waals surface area contributed by atoms with Gasteiger partial charge in [-0.15, -0.1) is 0 Å². The number of benzene rings is 4. The number of nitrogens with one attached hydrogen (secondary N) is 2. The molecule has 1 amide bonds. The van der Waals surface area contributed by atoms with Crippen LogP contribution in [0.4, 0.5) is 5.69 Å². The van der Waals surface area contributed by atoms with Crippen LogP contribution in [-0.4, -0.2) is 70.6 Å². The van der Waals surface area contributed by atoms with E-state index in [1.54, 1.807) is 18.2 Å². The fraction of sp³-hybridized carbons (Fsp3) is 0.212. The van der Waals surface area contributed by atoms with Crippen LogP contribution in [0.15, 0.2) is 91.0 Å². The first-order valence-electron chi connectivity index (χ1n) is 13.7. The molecule has 0 aliphatic carbocycles. The lowest BCUT2D eigenvalue weighted by Crippen LogP contribution is -2.45. The zero-order valence-electron chi connectivity index (χ0n) is 22.6. The number of aromatic hydroxyl groups is 1. The molecule has 1 aliphatic heterocycles. The molecule has 5 aromatic rings. The Labute approximate surface area is 234 Å². The number of aromatic amines is 1. The number of anilines is 1. The van der Waals surface area contributed by atoms with Crippen molar-refractivity contribution in [3.8, 4) is 28.3 Å². The summed E-state index contributed by atoms with van der Waals surface area (Å²) in [4.78, 5) is 25.9. The average molecular weight is 532 g/mol. The second-order valence-corrected chi connectivity index (χ2v) is 10.5. The van der Waals surface area contributed by atoms with Crippen molar-refractivity contribution < 1.29 is 9.90 Å². The summed E-state index contributed by atoms with van der Waals surface area (Å²) in [5, 5.41) is 13.6. The fourth-order valence-corrected chi connectivity index (χ4v) is 5.13. The van der Waals surface area contributed by atoms with Crippen molar-refractivity contribution in [2.24, 2.45) is 0 Å². The highest BCUT2D eigenvalue weighted by Crippen LogP contribution is 2.33. The average Bonchev–Trinajstić information content (AvgIpc) is 3.42. The smallest absolute Gasteiger partial charge is 0.255 e. The summed E-state index contributed by atoms with van der Waals surface area (Å²) in [7, 11) is 2.17. The molecular formula is C33H33N5O2. The van der Waals surface area contributed by atoms with Crippen LogP contribution < -0.4 is 5.32 Å². The van der Waals surface area contributed by atoms with Crippen LogP contribution in [0.25, 0.3) is 33.5 Å². The molecule has 40 heavy (non-hydrogen) atoms. The Bertz CT molecular complexity index is 1620. The van der Waals surface area contributed by atoms with Gasteiger partial charge in [0.2, 0.25) is 0 Å². The quantitative estimate of drug-likeness (QED) is 0.253. The number of imidazole rings is 1. The Kier molecular flexibility index (Phi) is 7.31. The van der Waals surface area contributed by atoms with E-state index in [-0.39, 0.29) is 11.7 Å². The van der Waals surface area contributed by atoms with Gasteiger partial charge in [0.05, 0.1) is 16.6 Å². The molecule has 1 aromatic heterocycles. The summed E-state index contributed by atoms with van der Waals surface area (Å²) in [5.74, 6) is 0.510. The molecule has 0 bridgehead atoms. The van der Waals surface area contributed by atoms with Crippen LogP contribution in [0.3, 0.4) is 0 Å². The summed E-state index contributed by atoms with van der Waals surface area (Å²) in [6, 6.07) is 29.0. The minimum Gasteiger partial charge on any atom is -0.507 e. The van der Waals surface area contributed by atoms with E-state index in [1.165, 1.54) is 5.56 Å². The summed E-state index contributed by atoms with van der Waals surface area (Å²) in [6.07, 6.45) is 1.00. The Morgan fingerprint density at radius 3 is 2.45 bits per heavy atom. The van der Waals surface area contributed by atoms with E-state index >= 15 is 0 Å². The molecular weight excluding hydrogens is 498 g/mol. The predicted octanol–water partition coefficient (Wildman–Crippen LogP) is 5.64. The lowest BCUT2D eigenvalue weighted by molar-refractivity contribution is 0.102. The number of rotatable bonds is 7. The number of hydrogen-bond donors (Lipinski definition) is 3. The molecule has 0 unspecified atom stereocenters. The van der Waals surface area contributed by atoms with Crippen molar-refractivity contribution in [1.82, 2.24) is 19.8 Å². The van der Waals surface area contributed by atoms with Crippen molar-refractivity contribution in [3.63, 3.8) is 0 Å². The number of H-pyrrole nitrogens is 1. The minimum atomic E-state index is -0.183. The summed E-state index contributed by atoms with van der Waals surface area (Å²) in [6.45, 7) is 5.54. The second kappa shape index (κ2) is 11.3. The van der Waals surface area contributed by atoms with Crippen LogP contribution in [0, 0.1) is 0 Å². The monoisotopic (exact) mass is 531 g/mol. The normalized spacial score (nSPS) is 14.4. The van der Waals surface area contributed by atoms with Gasteiger partial charge in [0.1, 0.15) is 11.6 Å². The van der Waals surface area contributed by atoms with Crippen LogP contribution in [0.2, 0.25) is 0 Å². The topological polar surface area (TPSA) is 84.5 Å². The van der Waals surface area contributed by atoms with Gasteiger partial charge in [-0.1, -0.05) is 48.5 Å². The Morgan fingerprint density at radius 2 is 1.68 bits per heavy atom. The number of carbonyl (C=O) groups excluding carboxylic acids is 1. The fourth-order valence-electron chi connectivity index (χ4n) is 5.13. The van der Waals surface area contributed by atoms with E-state index in [4.69, 9.17) is 0 Å². The first-order valence-corrected chi connectivity index (χ1v) is 13.7. The number of aromatic nitrogens is 2. The Hall–Kier alpha value is -4.46. The number of fused-ring (bicyclic) bond motifs is 1. The van der Waals surface area contributed by atoms with Gasteiger partial charge in [-0.2, -0.15) is 0 Å². The number of nitrogens with zero attached hydrogens (tertiary/aromatic N) is 3. The van der Waals surface area contributed by atoms with Crippen molar-refractivity contribution in [3.05, 3.63) is 102 Å². The lowest BCUT2D eigenvalue weighted by Gasteiger charge is -2.32. The summed E-state index contributed by atoms with van der Waals surface area (Å²) < 4.78 is 0. The van der Waals surface area contributed by atoms with E-state index in [0.717, 1.165) is 67.0 Å².